The largest absolute Gasteiger partial charge is 0.492 e. The quantitative estimate of drug-likeness (QED) is 0.781. The van der Waals surface area contributed by atoms with Crippen molar-refractivity contribution in [2.75, 3.05) is 20.2 Å². The van der Waals surface area contributed by atoms with Gasteiger partial charge in [0, 0.05) is 31.1 Å². The molecule has 0 bridgehead atoms. The molecule has 5 nitrogen and oxygen atoms in total. The molecule has 1 aromatic carbocycles. The Morgan fingerprint density at radius 1 is 1.26 bits per heavy atom. The Labute approximate surface area is 140 Å². The van der Waals surface area contributed by atoms with Gasteiger partial charge in [-0.3, -0.25) is 9.59 Å². The van der Waals surface area contributed by atoms with Gasteiger partial charge in [-0.15, -0.1) is 0 Å². The number of aromatic nitrogens is 1. The Hall–Kier alpha value is -2.08. The van der Waals surface area contributed by atoms with Crippen molar-refractivity contribution in [1.29, 1.82) is 0 Å². The topological polar surface area (TPSA) is 51.5 Å². The van der Waals surface area contributed by atoms with Crippen LogP contribution in [-0.4, -0.2) is 35.6 Å². The summed E-state index contributed by atoms with van der Waals surface area (Å²) in [6.07, 6.45) is 0.318. The van der Waals surface area contributed by atoms with E-state index in [-0.39, 0.29) is 10.8 Å². The van der Waals surface area contributed by atoms with Crippen molar-refractivity contribution in [2.24, 2.45) is 0 Å². The Morgan fingerprint density at radius 3 is 2.57 bits per heavy atom. The van der Waals surface area contributed by atoms with Crippen LogP contribution in [-0.2, 0) is 11.3 Å². The molecule has 0 aliphatic rings. The van der Waals surface area contributed by atoms with Crippen molar-refractivity contribution < 1.29 is 9.53 Å². The smallest absolute Gasteiger partial charge is 0.307 e. The number of likely N-dealkylation sites (N-methyl/N-ethyl adjacent to an activating group) is 1. The molecule has 2 aromatic rings. The molecule has 1 amide bonds. The Morgan fingerprint density at radius 2 is 1.96 bits per heavy atom. The van der Waals surface area contributed by atoms with Gasteiger partial charge in [0.2, 0.25) is 5.91 Å². The lowest BCUT2D eigenvalue weighted by molar-refractivity contribution is -0.130. The molecule has 0 fully saturated rings. The number of carbonyl (C=O) groups is 1. The summed E-state index contributed by atoms with van der Waals surface area (Å²) in [4.78, 5) is 25.3. The summed E-state index contributed by atoms with van der Waals surface area (Å²) in [6, 6.07) is 7.82. The van der Waals surface area contributed by atoms with Gasteiger partial charge >= 0.3 is 4.87 Å². The van der Waals surface area contributed by atoms with Gasteiger partial charge in [0.15, 0.2) is 0 Å². The number of aryl methyl sites for hydroxylation is 2. The minimum atomic E-state index is -0.0133. The van der Waals surface area contributed by atoms with E-state index in [1.807, 2.05) is 43.5 Å². The zero-order valence-corrected chi connectivity index (χ0v) is 14.6. The maximum absolute atomic E-state index is 12.1. The number of thiazole rings is 1. The SMILES string of the molecule is Cc1ccc(OCCN(C)C(=O)CCn2c(C)csc2=O)cc1. The summed E-state index contributed by atoms with van der Waals surface area (Å²) in [5.41, 5.74) is 2.08. The standard InChI is InChI=1S/C17H22N2O3S/c1-13-4-6-15(7-5-13)22-11-10-18(3)16(20)8-9-19-14(2)12-23-17(19)21/h4-7,12H,8-11H2,1-3H3. The molecule has 6 heteroatoms. The third-order valence-electron chi connectivity index (χ3n) is 3.67. The summed E-state index contributed by atoms with van der Waals surface area (Å²) in [5, 5.41) is 1.81. The molecule has 0 atom stereocenters. The Kier molecular flexibility index (Phi) is 5.98. The number of carbonyl (C=O) groups excluding carboxylic acids is 1. The van der Waals surface area contributed by atoms with E-state index in [1.54, 1.807) is 16.5 Å². The number of hydrogen-bond acceptors (Lipinski definition) is 4. The van der Waals surface area contributed by atoms with Gasteiger partial charge in [0.05, 0.1) is 6.54 Å². The van der Waals surface area contributed by atoms with Crippen LogP contribution in [0.5, 0.6) is 5.75 Å². The molecule has 124 valence electrons. The van der Waals surface area contributed by atoms with Crippen LogP contribution in [0.25, 0.3) is 0 Å². The highest BCUT2D eigenvalue weighted by molar-refractivity contribution is 7.07. The van der Waals surface area contributed by atoms with Crippen molar-refractivity contribution in [3.8, 4) is 5.75 Å². The number of amides is 1. The second kappa shape index (κ2) is 7.97. The fraction of sp³-hybridized carbons (Fsp3) is 0.412. The summed E-state index contributed by atoms with van der Waals surface area (Å²) < 4.78 is 7.26. The van der Waals surface area contributed by atoms with Gasteiger partial charge in [0.1, 0.15) is 12.4 Å². The Balaban J connectivity index is 1.74. The predicted molar refractivity (Wildman–Crippen MR) is 92.2 cm³/mol. The molecule has 1 aromatic heterocycles. The van der Waals surface area contributed by atoms with Crippen LogP contribution in [0.3, 0.4) is 0 Å². The first kappa shape index (κ1) is 17.3. The average molecular weight is 334 g/mol. The molecule has 0 saturated heterocycles. The van der Waals surface area contributed by atoms with E-state index in [0.717, 1.165) is 11.4 Å². The maximum Gasteiger partial charge on any atom is 0.307 e. The fourth-order valence-electron chi connectivity index (χ4n) is 2.13. The molecular formula is C17H22N2O3S. The van der Waals surface area contributed by atoms with E-state index in [4.69, 9.17) is 4.74 Å². The molecule has 2 rings (SSSR count). The Bertz CT molecular complexity index is 703. The van der Waals surface area contributed by atoms with E-state index >= 15 is 0 Å². The molecule has 0 unspecified atom stereocenters. The average Bonchev–Trinajstić information content (AvgIpc) is 2.85. The van der Waals surface area contributed by atoms with Crippen LogP contribution in [0.2, 0.25) is 0 Å². The van der Waals surface area contributed by atoms with Crippen molar-refractivity contribution in [3.63, 3.8) is 0 Å². The van der Waals surface area contributed by atoms with Crippen molar-refractivity contribution in [2.45, 2.75) is 26.8 Å². The van der Waals surface area contributed by atoms with Crippen LogP contribution in [0.4, 0.5) is 0 Å². The summed E-state index contributed by atoms with van der Waals surface area (Å²) in [5.74, 6) is 0.812. The van der Waals surface area contributed by atoms with Crippen molar-refractivity contribution in [3.05, 3.63) is 50.6 Å². The van der Waals surface area contributed by atoms with E-state index in [1.165, 1.54) is 16.9 Å². The highest BCUT2D eigenvalue weighted by Crippen LogP contribution is 2.11. The van der Waals surface area contributed by atoms with Crippen LogP contribution in [0, 0.1) is 13.8 Å². The minimum Gasteiger partial charge on any atom is -0.492 e. The first-order valence-electron chi connectivity index (χ1n) is 7.55. The first-order valence-corrected chi connectivity index (χ1v) is 8.43. The van der Waals surface area contributed by atoms with E-state index in [0.29, 0.717) is 26.1 Å². The van der Waals surface area contributed by atoms with Gasteiger partial charge in [-0.05, 0) is 26.0 Å². The number of benzene rings is 1. The molecule has 0 spiro atoms. The molecule has 0 aliphatic carbocycles. The zero-order chi connectivity index (χ0) is 16.8. The molecule has 0 N–H and O–H groups in total. The van der Waals surface area contributed by atoms with E-state index in [9.17, 15) is 9.59 Å². The molecule has 23 heavy (non-hydrogen) atoms. The maximum atomic E-state index is 12.1. The molecule has 1 heterocycles. The molecule has 0 saturated carbocycles. The number of ether oxygens (including phenoxy) is 1. The first-order chi connectivity index (χ1) is 11.0. The minimum absolute atomic E-state index is 0.00926. The summed E-state index contributed by atoms with van der Waals surface area (Å²) >= 11 is 1.17. The third-order valence-corrected chi connectivity index (χ3v) is 4.55. The second-order valence-electron chi connectivity index (χ2n) is 5.52. The lowest BCUT2D eigenvalue weighted by atomic mass is 10.2. The fourth-order valence-corrected chi connectivity index (χ4v) is 2.89. The van der Waals surface area contributed by atoms with Crippen LogP contribution < -0.4 is 9.61 Å². The van der Waals surface area contributed by atoms with Gasteiger partial charge < -0.3 is 14.2 Å². The third kappa shape index (κ3) is 4.96. The number of nitrogens with zero attached hydrogens (tertiary/aromatic N) is 2. The van der Waals surface area contributed by atoms with Crippen LogP contribution in [0.15, 0.2) is 34.4 Å². The summed E-state index contributed by atoms with van der Waals surface area (Å²) in [7, 11) is 1.75. The molecular weight excluding hydrogens is 312 g/mol. The van der Waals surface area contributed by atoms with Crippen molar-refractivity contribution >= 4 is 17.2 Å². The number of rotatable bonds is 7. The number of hydrogen-bond donors (Lipinski definition) is 0. The second-order valence-corrected chi connectivity index (χ2v) is 6.34. The van der Waals surface area contributed by atoms with Crippen molar-refractivity contribution in [1.82, 2.24) is 9.47 Å². The van der Waals surface area contributed by atoms with Gasteiger partial charge in [-0.25, -0.2) is 0 Å². The van der Waals surface area contributed by atoms with Crippen LogP contribution >= 0.6 is 11.3 Å². The van der Waals surface area contributed by atoms with Gasteiger partial charge in [-0.1, -0.05) is 29.0 Å². The van der Waals surface area contributed by atoms with Gasteiger partial charge in [0.25, 0.3) is 0 Å². The summed E-state index contributed by atoms with van der Waals surface area (Å²) in [6.45, 7) is 5.29. The van der Waals surface area contributed by atoms with Gasteiger partial charge in [-0.2, -0.15) is 0 Å². The predicted octanol–water partition coefficient (Wildman–Crippen LogP) is 2.45. The van der Waals surface area contributed by atoms with Crippen LogP contribution in [0.1, 0.15) is 17.7 Å². The highest BCUT2D eigenvalue weighted by Gasteiger charge is 2.11. The lowest BCUT2D eigenvalue weighted by Crippen LogP contribution is -2.32. The highest BCUT2D eigenvalue weighted by atomic mass is 32.1. The monoisotopic (exact) mass is 334 g/mol. The normalized spacial score (nSPS) is 10.6. The molecule has 0 aliphatic heterocycles. The lowest BCUT2D eigenvalue weighted by Gasteiger charge is -2.18. The van der Waals surface area contributed by atoms with E-state index in [2.05, 4.69) is 0 Å². The van der Waals surface area contributed by atoms with E-state index < -0.39 is 0 Å². The molecule has 0 radical (unpaired) electrons. The zero-order valence-electron chi connectivity index (χ0n) is 13.7.